The van der Waals surface area contributed by atoms with Crippen LogP contribution < -0.4 is 10.1 Å². The monoisotopic (exact) mass is 422 g/mol. The van der Waals surface area contributed by atoms with E-state index in [0.717, 1.165) is 30.8 Å². The van der Waals surface area contributed by atoms with E-state index in [0.29, 0.717) is 38.3 Å². The first-order valence-corrected chi connectivity index (χ1v) is 9.91. The zero-order valence-corrected chi connectivity index (χ0v) is 16.8. The van der Waals surface area contributed by atoms with E-state index in [2.05, 4.69) is 10.2 Å². The van der Waals surface area contributed by atoms with E-state index < -0.39 is 17.6 Å². The molecular weight excluding hydrogens is 397 g/mol. The summed E-state index contributed by atoms with van der Waals surface area (Å²) in [6, 6.07) is 10.2. The van der Waals surface area contributed by atoms with Gasteiger partial charge in [0.2, 0.25) is 0 Å². The average molecular weight is 422 g/mol. The number of halogens is 3. The molecule has 0 aromatic heterocycles. The number of ether oxygens (including phenoxy) is 2. The SMILES string of the molecule is CCCOc1ccc(C(F)(F)F)cc1NC(=O)c1cccc(CN2CCOCC2)c1. The van der Waals surface area contributed by atoms with Gasteiger partial charge in [-0.1, -0.05) is 19.1 Å². The summed E-state index contributed by atoms with van der Waals surface area (Å²) in [6.45, 7) is 5.90. The first-order chi connectivity index (χ1) is 14.4. The van der Waals surface area contributed by atoms with E-state index in [-0.39, 0.29) is 11.4 Å². The van der Waals surface area contributed by atoms with Gasteiger partial charge >= 0.3 is 6.18 Å². The third-order valence-electron chi connectivity index (χ3n) is 4.72. The van der Waals surface area contributed by atoms with Gasteiger partial charge in [-0.05, 0) is 42.3 Å². The Kier molecular flexibility index (Phi) is 7.33. The molecule has 0 saturated carbocycles. The van der Waals surface area contributed by atoms with Crippen LogP contribution in [-0.2, 0) is 17.5 Å². The first-order valence-electron chi connectivity index (χ1n) is 9.91. The van der Waals surface area contributed by atoms with Crippen molar-refractivity contribution >= 4 is 11.6 Å². The molecule has 0 aliphatic carbocycles. The van der Waals surface area contributed by atoms with E-state index >= 15 is 0 Å². The Hall–Kier alpha value is -2.58. The van der Waals surface area contributed by atoms with Crippen molar-refractivity contribution in [2.75, 3.05) is 38.2 Å². The summed E-state index contributed by atoms with van der Waals surface area (Å²) in [5.74, 6) is -0.276. The van der Waals surface area contributed by atoms with Crippen molar-refractivity contribution in [3.05, 3.63) is 59.2 Å². The molecule has 0 atom stereocenters. The minimum absolute atomic E-state index is 0.00172. The maximum absolute atomic E-state index is 13.1. The van der Waals surface area contributed by atoms with Gasteiger partial charge in [0.15, 0.2) is 0 Å². The number of carbonyl (C=O) groups is 1. The largest absolute Gasteiger partial charge is 0.491 e. The number of amides is 1. The molecule has 1 amide bonds. The zero-order chi connectivity index (χ0) is 21.6. The van der Waals surface area contributed by atoms with Crippen molar-refractivity contribution < 1.29 is 27.4 Å². The van der Waals surface area contributed by atoms with Gasteiger partial charge < -0.3 is 14.8 Å². The Balaban J connectivity index is 1.78. The third-order valence-corrected chi connectivity index (χ3v) is 4.72. The normalized spacial score (nSPS) is 15.1. The second-order valence-electron chi connectivity index (χ2n) is 7.10. The van der Waals surface area contributed by atoms with E-state index in [9.17, 15) is 18.0 Å². The summed E-state index contributed by atoms with van der Waals surface area (Å²) in [4.78, 5) is 15.0. The minimum atomic E-state index is -4.51. The van der Waals surface area contributed by atoms with Crippen molar-refractivity contribution in [2.24, 2.45) is 0 Å². The molecule has 162 valence electrons. The summed E-state index contributed by atoms with van der Waals surface area (Å²) >= 11 is 0. The molecule has 2 aromatic carbocycles. The molecule has 1 N–H and O–H groups in total. The van der Waals surface area contributed by atoms with Crippen LogP contribution in [0.5, 0.6) is 5.75 Å². The average Bonchev–Trinajstić information content (AvgIpc) is 2.73. The molecule has 0 unspecified atom stereocenters. The van der Waals surface area contributed by atoms with Gasteiger partial charge in [-0.3, -0.25) is 9.69 Å². The number of anilines is 1. The fourth-order valence-electron chi connectivity index (χ4n) is 3.16. The molecule has 1 aliphatic heterocycles. The number of nitrogens with one attached hydrogen (secondary N) is 1. The molecule has 1 aliphatic rings. The number of benzene rings is 2. The molecule has 3 rings (SSSR count). The fourth-order valence-corrected chi connectivity index (χ4v) is 3.16. The van der Waals surface area contributed by atoms with Crippen LogP contribution >= 0.6 is 0 Å². The van der Waals surface area contributed by atoms with Gasteiger partial charge in [-0.25, -0.2) is 0 Å². The predicted octanol–water partition coefficient (Wildman–Crippen LogP) is 4.58. The lowest BCUT2D eigenvalue weighted by Gasteiger charge is -2.26. The van der Waals surface area contributed by atoms with Gasteiger partial charge in [0.05, 0.1) is 31.1 Å². The van der Waals surface area contributed by atoms with Crippen molar-refractivity contribution in [2.45, 2.75) is 26.1 Å². The Bertz CT molecular complexity index is 865. The maximum atomic E-state index is 13.1. The predicted molar refractivity (Wildman–Crippen MR) is 108 cm³/mol. The van der Waals surface area contributed by atoms with Crippen LogP contribution in [0.3, 0.4) is 0 Å². The first kappa shape index (κ1) is 22.1. The quantitative estimate of drug-likeness (QED) is 0.710. The lowest BCUT2D eigenvalue weighted by Crippen LogP contribution is -2.35. The van der Waals surface area contributed by atoms with Gasteiger partial charge in [0.25, 0.3) is 5.91 Å². The highest BCUT2D eigenvalue weighted by Gasteiger charge is 2.31. The number of nitrogens with zero attached hydrogens (tertiary/aromatic N) is 1. The van der Waals surface area contributed by atoms with Crippen molar-refractivity contribution in [3.8, 4) is 5.75 Å². The Morgan fingerprint density at radius 3 is 2.63 bits per heavy atom. The number of alkyl halides is 3. The van der Waals surface area contributed by atoms with Crippen LogP contribution in [0, 0.1) is 0 Å². The third kappa shape index (κ3) is 5.96. The van der Waals surface area contributed by atoms with Crippen LogP contribution in [0.2, 0.25) is 0 Å². The molecule has 0 bridgehead atoms. The molecule has 30 heavy (non-hydrogen) atoms. The number of rotatable bonds is 7. The van der Waals surface area contributed by atoms with E-state index in [4.69, 9.17) is 9.47 Å². The molecule has 1 heterocycles. The fraction of sp³-hybridized carbons (Fsp3) is 0.409. The number of carbonyl (C=O) groups excluding carboxylic acids is 1. The molecular formula is C22H25F3N2O3. The molecule has 5 nitrogen and oxygen atoms in total. The van der Waals surface area contributed by atoms with Gasteiger partial charge in [-0.15, -0.1) is 0 Å². The second kappa shape index (κ2) is 9.95. The highest BCUT2D eigenvalue weighted by Crippen LogP contribution is 2.35. The smallest absolute Gasteiger partial charge is 0.416 e. The number of hydrogen-bond acceptors (Lipinski definition) is 4. The standard InChI is InChI=1S/C22H25F3N2O3/c1-2-10-30-20-7-6-18(22(23,24)25)14-19(20)26-21(28)17-5-3-4-16(13-17)15-27-8-11-29-12-9-27/h3-7,13-14H,2,8-12,15H2,1H3,(H,26,28). The highest BCUT2D eigenvalue weighted by atomic mass is 19.4. The van der Waals surface area contributed by atoms with Crippen LogP contribution in [0.4, 0.5) is 18.9 Å². The molecule has 1 fully saturated rings. The van der Waals surface area contributed by atoms with Crippen molar-refractivity contribution in [1.82, 2.24) is 4.90 Å². The topological polar surface area (TPSA) is 50.8 Å². The molecule has 1 saturated heterocycles. The lowest BCUT2D eigenvalue weighted by atomic mass is 10.1. The molecule has 0 spiro atoms. The second-order valence-corrected chi connectivity index (χ2v) is 7.10. The van der Waals surface area contributed by atoms with E-state index in [1.165, 1.54) is 6.07 Å². The zero-order valence-electron chi connectivity index (χ0n) is 16.8. The maximum Gasteiger partial charge on any atom is 0.416 e. The van der Waals surface area contributed by atoms with Gasteiger partial charge in [-0.2, -0.15) is 13.2 Å². The van der Waals surface area contributed by atoms with E-state index in [1.807, 2.05) is 13.0 Å². The Morgan fingerprint density at radius 2 is 1.93 bits per heavy atom. The molecule has 8 heteroatoms. The summed E-state index contributed by atoms with van der Waals surface area (Å²) in [5.41, 5.74) is 0.486. The van der Waals surface area contributed by atoms with Crippen LogP contribution in [-0.4, -0.2) is 43.7 Å². The summed E-state index contributed by atoms with van der Waals surface area (Å²) in [6.07, 6.45) is -3.82. The minimum Gasteiger partial charge on any atom is -0.491 e. The number of hydrogen-bond donors (Lipinski definition) is 1. The van der Waals surface area contributed by atoms with Gasteiger partial charge in [0, 0.05) is 25.2 Å². The van der Waals surface area contributed by atoms with Gasteiger partial charge in [0.1, 0.15) is 5.75 Å². The lowest BCUT2D eigenvalue weighted by molar-refractivity contribution is -0.137. The van der Waals surface area contributed by atoms with Crippen LogP contribution in [0.25, 0.3) is 0 Å². The summed E-state index contributed by atoms with van der Waals surface area (Å²) in [7, 11) is 0. The summed E-state index contributed by atoms with van der Waals surface area (Å²) < 4.78 is 50.2. The number of morpholine rings is 1. The van der Waals surface area contributed by atoms with Crippen LogP contribution in [0.15, 0.2) is 42.5 Å². The Labute approximate surface area is 173 Å². The Morgan fingerprint density at radius 1 is 1.17 bits per heavy atom. The molecule has 0 radical (unpaired) electrons. The van der Waals surface area contributed by atoms with Crippen molar-refractivity contribution in [1.29, 1.82) is 0 Å². The van der Waals surface area contributed by atoms with Crippen LogP contribution in [0.1, 0.15) is 34.8 Å². The van der Waals surface area contributed by atoms with E-state index in [1.54, 1.807) is 18.2 Å². The molecule has 2 aromatic rings. The highest BCUT2D eigenvalue weighted by molar-refractivity contribution is 6.05. The van der Waals surface area contributed by atoms with Crippen molar-refractivity contribution in [3.63, 3.8) is 0 Å². The summed E-state index contributed by atoms with van der Waals surface area (Å²) in [5, 5.41) is 2.58.